The Balaban J connectivity index is 3.37. The Morgan fingerprint density at radius 1 is 1.22 bits per heavy atom. The molecular formula is C13H17BrO4. The Labute approximate surface area is 115 Å². The van der Waals surface area contributed by atoms with Gasteiger partial charge in [0.25, 0.3) is 0 Å². The highest BCUT2D eigenvalue weighted by atomic mass is 79.9. The van der Waals surface area contributed by atoms with Crippen molar-refractivity contribution in [2.45, 2.75) is 20.8 Å². The number of methoxy groups -OCH3 is 1. The summed E-state index contributed by atoms with van der Waals surface area (Å²) >= 11 is 3.47. The lowest BCUT2D eigenvalue weighted by molar-refractivity contribution is 0.0429. The molecule has 0 bridgehead atoms. The molecule has 1 N–H and O–H groups in total. The maximum atomic E-state index is 12.0. The summed E-state index contributed by atoms with van der Waals surface area (Å²) in [6.07, 6.45) is 0. The van der Waals surface area contributed by atoms with Gasteiger partial charge in [0.15, 0.2) is 0 Å². The summed E-state index contributed by atoms with van der Waals surface area (Å²) in [5.74, 6) is 0.0401. The van der Waals surface area contributed by atoms with Gasteiger partial charge >= 0.3 is 5.97 Å². The zero-order valence-corrected chi connectivity index (χ0v) is 12.6. The number of ether oxygens (including phenoxy) is 2. The average Bonchev–Trinajstić information content (AvgIpc) is 2.37. The number of aliphatic hydroxyl groups is 1. The standard InChI is InChI=1S/C13H17BrO4/c1-7-8(2)12(17-4)10(9(3)11(7)14)13(16)18-6-5-15/h15H,5-6H2,1-4H3. The third-order valence-electron chi connectivity index (χ3n) is 2.90. The van der Waals surface area contributed by atoms with Crippen LogP contribution in [0.15, 0.2) is 4.47 Å². The van der Waals surface area contributed by atoms with Crippen LogP contribution in [0, 0.1) is 20.8 Å². The first-order valence-electron chi connectivity index (χ1n) is 5.56. The highest BCUT2D eigenvalue weighted by Crippen LogP contribution is 2.36. The minimum atomic E-state index is -0.484. The first-order chi connectivity index (χ1) is 8.45. The van der Waals surface area contributed by atoms with Crippen molar-refractivity contribution in [1.29, 1.82) is 0 Å². The number of carbonyl (C=O) groups is 1. The normalized spacial score (nSPS) is 10.3. The zero-order chi connectivity index (χ0) is 13.9. The van der Waals surface area contributed by atoms with Crippen LogP contribution >= 0.6 is 15.9 Å². The van der Waals surface area contributed by atoms with Gasteiger partial charge < -0.3 is 14.6 Å². The van der Waals surface area contributed by atoms with Crippen LogP contribution in [0.2, 0.25) is 0 Å². The Morgan fingerprint density at radius 3 is 2.33 bits per heavy atom. The summed E-state index contributed by atoms with van der Waals surface area (Å²) < 4.78 is 11.1. The van der Waals surface area contributed by atoms with Crippen molar-refractivity contribution in [3.8, 4) is 5.75 Å². The summed E-state index contributed by atoms with van der Waals surface area (Å²) in [4.78, 5) is 12.0. The molecule has 0 fully saturated rings. The number of hydrogen-bond donors (Lipinski definition) is 1. The van der Waals surface area contributed by atoms with E-state index in [4.69, 9.17) is 14.6 Å². The van der Waals surface area contributed by atoms with Crippen LogP contribution in [0.25, 0.3) is 0 Å². The summed E-state index contributed by atoms with van der Waals surface area (Å²) in [7, 11) is 1.53. The Morgan fingerprint density at radius 2 is 1.83 bits per heavy atom. The van der Waals surface area contributed by atoms with E-state index >= 15 is 0 Å². The van der Waals surface area contributed by atoms with Crippen molar-refractivity contribution in [3.63, 3.8) is 0 Å². The van der Waals surface area contributed by atoms with Gasteiger partial charge in [0.05, 0.1) is 13.7 Å². The molecule has 0 saturated carbocycles. The van der Waals surface area contributed by atoms with Gasteiger partial charge in [-0.3, -0.25) is 0 Å². The van der Waals surface area contributed by atoms with E-state index in [-0.39, 0.29) is 13.2 Å². The second-order valence-electron chi connectivity index (χ2n) is 3.96. The summed E-state index contributed by atoms with van der Waals surface area (Å²) in [5.41, 5.74) is 3.10. The molecule has 1 aromatic rings. The van der Waals surface area contributed by atoms with Crippen LogP contribution in [0.5, 0.6) is 5.75 Å². The number of benzene rings is 1. The SMILES string of the molecule is COc1c(C)c(C)c(Br)c(C)c1C(=O)OCCO. The predicted molar refractivity (Wildman–Crippen MR) is 72.3 cm³/mol. The molecule has 18 heavy (non-hydrogen) atoms. The van der Waals surface area contributed by atoms with E-state index in [9.17, 15) is 4.79 Å². The van der Waals surface area contributed by atoms with Crippen LogP contribution < -0.4 is 4.74 Å². The number of hydrogen-bond acceptors (Lipinski definition) is 4. The van der Waals surface area contributed by atoms with Crippen LogP contribution in [-0.4, -0.2) is 31.4 Å². The van der Waals surface area contributed by atoms with Crippen LogP contribution in [0.1, 0.15) is 27.0 Å². The number of halogens is 1. The molecule has 1 aromatic carbocycles. The van der Waals surface area contributed by atoms with Crippen LogP contribution in [0.3, 0.4) is 0 Å². The van der Waals surface area contributed by atoms with Crippen LogP contribution in [-0.2, 0) is 4.74 Å². The molecule has 100 valence electrons. The number of aliphatic hydroxyl groups excluding tert-OH is 1. The summed E-state index contributed by atoms with van der Waals surface area (Å²) in [6, 6.07) is 0. The zero-order valence-electron chi connectivity index (χ0n) is 11.0. The highest BCUT2D eigenvalue weighted by Gasteiger charge is 2.23. The Hall–Kier alpha value is -1.07. The molecule has 0 unspecified atom stereocenters. The third-order valence-corrected chi connectivity index (χ3v) is 4.09. The van der Waals surface area contributed by atoms with Crippen molar-refractivity contribution in [2.75, 3.05) is 20.3 Å². The number of rotatable bonds is 4. The molecule has 1 rings (SSSR count). The summed E-state index contributed by atoms with van der Waals surface area (Å²) in [6.45, 7) is 5.46. The van der Waals surface area contributed by atoms with Gasteiger partial charge in [-0.15, -0.1) is 0 Å². The molecule has 0 aromatic heterocycles. The monoisotopic (exact) mass is 316 g/mol. The molecule has 0 amide bonds. The van der Waals surface area contributed by atoms with E-state index in [2.05, 4.69) is 15.9 Å². The van der Waals surface area contributed by atoms with Gasteiger partial charge in [-0.25, -0.2) is 4.79 Å². The maximum absolute atomic E-state index is 12.0. The van der Waals surface area contributed by atoms with E-state index in [1.165, 1.54) is 7.11 Å². The van der Waals surface area contributed by atoms with Gasteiger partial charge in [0.1, 0.15) is 17.9 Å². The van der Waals surface area contributed by atoms with E-state index in [0.29, 0.717) is 11.3 Å². The van der Waals surface area contributed by atoms with Crippen molar-refractivity contribution in [2.24, 2.45) is 0 Å². The lowest BCUT2D eigenvalue weighted by Crippen LogP contribution is -2.13. The topological polar surface area (TPSA) is 55.8 Å². The fraction of sp³-hybridized carbons (Fsp3) is 0.462. The van der Waals surface area contributed by atoms with Gasteiger partial charge in [0, 0.05) is 4.47 Å². The molecule has 0 aliphatic carbocycles. The van der Waals surface area contributed by atoms with Crippen molar-refractivity contribution in [1.82, 2.24) is 0 Å². The molecule has 0 saturated heterocycles. The molecule has 0 aliphatic heterocycles. The van der Waals surface area contributed by atoms with E-state index in [1.807, 2.05) is 20.8 Å². The third kappa shape index (κ3) is 2.67. The second kappa shape index (κ2) is 6.20. The number of esters is 1. The fourth-order valence-corrected chi connectivity index (χ4v) is 2.29. The highest BCUT2D eigenvalue weighted by molar-refractivity contribution is 9.10. The molecule has 0 heterocycles. The van der Waals surface area contributed by atoms with Gasteiger partial charge in [0.2, 0.25) is 0 Å². The average molecular weight is 317 g/mol. The smallest absolute Gasteiger partial charge is 0.342 e. The van der Waals surface area contributed by atoms with Gasteiger partial charge in [-0.2, -0.15) is 0 Å². The van der Waals surface area contributed by atoms with E-state index in [0.717, 1.165) is 21.2 Å². The molecule has 0 atom stereocenters. The molecule has 0 radical (unpaired) electrons. The fourth-order valence-electron chi connectivity index (χ4n) is 1.80. The maximum Gasteiger partial charge on any atom is 0.342 e. The lowest BCUT2D eigenvalue weighted by Gasteiger charge is -2.17. The molecule has 4 nitrogen and oxygen atoms in total. The summed E-state index contributed by atoms with van der Waals surface area (Å²) in [5, 5.41) is 8.69. The minimum Gasteiger partial charge on any atom is -0.496 e. The lowest BCUT2D eigenvalue weighted by atomic mass is 9.99. The molecule has 5 heteroatoms. The first-order valence-corrected chi connectivity index (χ1v) is 6.36. The van der Waals surface area contributed by atoms with E-state index in [1.54, 1.807) is 0 Å². The van der Waals surface area contributed by atoms with Gasteiger partial charge in [-0.1, -0.05) is 15.9 Å². The van der Waals surface area contributed by atoms with Crippen molar-refractivity contribution >= 4 is 21.9 Å². The van der Waals surface area contributed by atoms with Crippen molar-refractivity contribution in [3.05, 3.63) is 26.7 Å². The van der Waals surface area contributed by atoms with E-state index < -0.39 is 5.97 Å². The quantitative estimate of drug-likeness (QED) is 0.867. The molecule has 0 aliphatic rings. The second-order valence-corrected chi connectivity index (χ2v) is 4.75. The van der Waals surface area contributed by atoms with Gasteiger partial charge in [-0.05, 0) is 37.5 Å². The first kappa shape index (κ1) is 15.0. The largest absolute Gasteiger partial charge is 0.496 e. The minimum absolute atomic E-state index is 0.0219. The molecular weight excluding hydrogens is 300 g/mol. The number of carbonyl (C=O) groups excluding carboxylic acids is 1. The Bertz CT molecular complexity index is 469. The Kier molecular flexibility index (Phi) is 5.16. The molecule has 0 spiro atoms. The van der Waals surface area contributed by atoms with Crippen LogP contribution in [0.4, 0.5) is 0 Å². The predicted octanol–water partition coefficient (Wildman–Crippen LogP) is 2.53. The van der Waals surface area contributed by atoms with Crippen molar-refractivity contribution < 1.29 is 19.4 Å².